The van der Waals surface area contributed by atoms with E-state index in [0.29, 0.717) is 12.8 Å². The summed E-state index contributed by atoms with van der Waals surface area (Å²) in [4.78, 5) is 6.99. The summed E-state index contributed by atoms with van der Waals surface area (Å²) in [5.74, 6) is 0.607. The van der Waals surface area contributed by atoms with Crippen molar-refractivity contribution in [3.05, 3.63) is 48.0 Å². The number of H-pyrrole nitrogens is 1. The molecule has 0 aliphatic carbocycles. The van der Waals surface area contributed by atoms with E-state index >= 15 is 0 Å². The van der Waals surface area contributed by atoms with Gasteiger partial charge in [-0.25, -0.2) is 13.4 Å². The lowest BCUT2D eigenvalue weighted by atomic mass is 10.2. The molecule has 0 amide bonds. The quantitative estimate of drug-likeness (QED) is 0.695. The third kappa shape index (κ3) is 5.89. The largest absolute Gasteiger partial charge is 0.508 e. The van der Waals surface area contributed by atoms with Crippen LogP contribution in [0.3, 0.4) is 0 Å². The number of unbranched alkanes of at least 4 members (excludes halogenated alkanes) is 2. The first-order valence-electron chi connectivity index (χ1n) is 7.51. The lowest BCUT2D eigenvalue weighted by molar-refractivity contribution is 0.475. The van der Waals surface area contributed by atoms with Gasteiger partial charge in [-0.05, 0) is 43.4 Å². The number of aromatic hydroxyl groups is 1. The normalized spacial score (nSPS) is 11.6. The highest BCUT2D eigenvalue weighted by Gasteiger charge is 2.10. The molecule has 0 aliphatic rings. The maximum atomic E-state index is 12.0. The molecule has 1 aromatic carbocycles. The summed E-state index contributed by atoms with van der Waals surface area (Å²) in [7, 11) is -3.01. The van der Waals surface area contributed by atoms with Crippen LogP contribution in [0, 0.1) is 0 Å². The van der Waals surface area contributed by atoms with E-state index in [4.69, 9.17) is 0 Å². The van der Waals surface area contributed by atoms with E-state index in [2.05, 4.69) is 9.97 Å². The fraction of sp³-hybridized carbons (Fsp3) is 0.438. The van der Waals surface area contributed by atoms with Crippen molar-refractivity contribution in [1.82, 2.24) is 9.97 Å². The molecule has 0 spiro atoms. The SMILES string of the molecule is O=S(=O)(CCCCCc1cnc[nH]1)CCc1ccc(O)cc1. The number of imidazole rings is 1. The van der Waals surface area contributed by atoms with Gasteiger partial charge in [-0.1, -0.05) is 18.6 Å². The molecule has 6 heteroatoms. The van der Waals surface area contributed by atoms with Crippen LogP contribution in [0.25, 0.3) is 0 Å². The minimum Gasteiger partial charge on any atom is -0.508 e. The average Bonchev–Trinajstić information content (AvgIpc) is 3.00. The molecule has 5 nitrogen and oxygen atoms in total. The van der Waals surface area contributed by atoms with Crippen molar-refractivity contribution in [1.29, 1.82) is 0 Å². The van der Waals surface area contributed by atoms with Crippen molar-refractivity contribution in [2.75, 3.05) is 11.5 Å². The summed E-state index contributed by atoms with van der Waals surface area (Å²) in [5, 5.41) is 9.20. The highest BCUT2D eigenvalue weighted by atomic mass is 32.2. The van der Waals surface area contributed by atoms with Gasteiger partial charge in [0.05, 0.1) is 17.8 Å². The predicted octanol–water partition coefficient (Wildman–Crippen LogP) is 2.49. The van der Waals surface area contributed by atoms with Gasteiger partial charge in [-0.15, -0.1) is 0 Å². The van der Waals surface area contributed by atoms with Crippen LogP contribution in [-0.4, -0.2) is 35.0 Å². The van der Waals surface area contributed by atoms with E-state index in [1.807, 2.05) is 0 Å². The number of nitrogens with one attached hydrogen (secondary N) is 1. The highest BCUT2D eigenvalue weighted by molar-refractivity contribution is 7.91. The van der Waals surface area contributed by atoms with Crippen LogP contribution < -0.4 is 0 Å². The summed E-state index contributed by atoms with van der Waals surface area (Å²) in [5.41, 5.74) is 2.02. The summed E-state index contributed by atoms with van der Waals surface area (Å²) < 4.78 is 24.0. The molecule has 0 aliphatic heterocycles. The van der Waals surface area contributed by atoms with E-state index in [-0.39, 0.29) is 17.3 Å². The molecule has 0 saturated carbocycles. The number of aromatic amines is 1. The average molecular weight is 322 g/mol. The van der Waals surface area contributed by atoms with E-state index in [9.17, 15) is 13.5 Å². The van der Waals surface area contributed by atoms with Crippen LogP contribution in [-0.2, 0) is 22.7 Å². The highest BCUT2D eigenvalue weighted by Crippen LogP contribution is 2.11. The zero-order chi connectivity index (χ0) is 15.8. The molecule has 1 heterocycles. The standard InChI is InChI=1S/C16H22N2O3S/c19-16-7-5-14(6-8-16)9-11-22(20,21)10-3-1-2-4-15-12-17-13-18-15/h5-8,12-13,19H,1-4,9-11H2,(H,17,18). The number of nitrogens with zero attached hydrogens (tertiary/aromatic N) is 1. The molecule has 0 fully saturated rings. The van der Waals surface area contributed by atoms with Crippen molar-refractivity contribution in [3.63, 3.8) is 0 Å². The second-order valence-electron chi connectivity index (χ2n) is 5.46. The Morgan fingerprint density at radius 2 is 1.77 bits per heavy atom. The van der Waals surface area contributed by atoms with E-state index in [1.165, 1.54) is 0 Å². The number of sulfone groups is 1. The van der Waals surface area contributed by atoms with Crippen LogP contribution in [0.15, 0.2) is 36.8 Å². The number of hydrogen-bond donors (Lipinski definition) is 2. The molecule has 0 saturated heterocycles. The number of phenols is 1. The van der Waals surface area contributed by atoms with E-state index in [1.54, 1.807) is 36.8 Å². The maximum absolute atomic E-state index is 12.0. The van der Waals surface area contributed by atoms with Gasteiger partial charge in [0, 0.05) is 11.9 Å². The Bertz CT molecular complexity index is 649. The third-order valence-corrected chi connectivity index (χ3v) is 5.33. The van der Waals surface area contributed by atoms with Gasteiger partial charge in [-0.2, -0.15) is 0 Å². The molecular formula is C16H22N2O3S. The van der Waals surface area contributed by atoms with E-state index < -0.39 is 9.84 Å². The van der Waals surface area contributed by atoms with Crippen molar-refractivity contribution in [2.45, 2.75) is 32.1 Å². The monoisotopic (exact) mass is 322 g/mol. The fourth-order valence-electron chi connectivity index (χ4n) is 2.27. The van der Waals surface area contributed by atoms with Crippen LogP contribution in [0.5, 0.6) is 5.75 Å². The third-order valence-electron chi connectivity index (χ3n) is 3.59. The second-order valence-corrected chi connectivity index (χ2v) is 7.76. The first-order chi connectivity index (χ1) is 10.6. The molecule has 0 radical (unpaired) electrons. The molecule has 2 rings (SSSR count). The molecule has 0 unspecified atom stereocenters. The molecule has 2 N–H and O–H groups in total. The lowest BCUT2D eigenvalue weighted by Crippen LogP contribution is -2.13. The van der Waals surface area contributed by atoms with Crippen molar-refractivity contribution in [3.8, 4) is 5.75 Å². The van der Waals surface area contributed by atoms with Gasteiger partial charge in [-0.3, -0.25) is 0 Å². The summed E-state index contributed by atoms with van der Waals surface area (Å²) in [6.45, 7) is 0. The number of aromatic nitrogens is 2. The molecule has 1 aromatic heterocycles. The van der Waals surface area contributed by atoms with Crippen molar-refractivity contribution in [2.24, 2.45) is 0 Å². The van der Waals surface area contributed by atoms with E-state index in [0.717, 1.165) is 30.5 Å². The van der Waals surface area contributed by atoms with Gasteiger partial charge in [0.15, 0.2) is 9.84 Å². The summed E-state index contributed by atoms with van der Waals surface area (Å²) in [6, 6.07) is 6.68. The Kier molecular flexibility index (Phi) is 6.00. The van der Waals surface area contributed by atoms with Crippen LogP contribution >= 0.6 is 0 Å². The fourth-order valence-corrected chi connectivity index (χ4v) is 3.67. The van der Waals surface area contributed by atoms with Crippen LogP contribution in [0.2, 0.25) is 0 Å². The van der Waals surface area contributed by atoms with Gasteiger partial charge >= 0.3 is 0 Å². The zero-order valence-electron chi connectivity index (χ0n) is 12.5. The first kappa shape index (κ1) is 16.5. The Morgan fingerprint density at radius 3 is 2.45 bits per heavy atom. The van der Waals surface area contributed by atoms with Crippen LogP contribution in [0.1, 0.15) is 30.5 Å². The van der Waals surface area contributed by atoms with Crippen molar-refractivity contribution < 1.29 is 13.5 Å². The van der Waals surface area contributed by atoms with Crippen molar-refractivity contribution >= 4 is 9.84 Å². The van der Waals surface area contributed by atoms with Crippen LogP contribution in [0.4, 0.5) is 0 Å². The Labute approximate surface area is 131 Å². The Hall–Kier alpha value is -1.82. The minimum absolute atomic E-state index is 0.165. The zero-order valence-corrected chi connectivity index (χ0v) is 13.3. The second kappa shape index (κ2) is 7.98. The molecule has 0 atom stereocenters. The Morgan fingerprint density at radius 1 is 1.00 bits per heavy atom. The topological polar surface area (TPSA) is 83.0 Å². The minimum atomic E-state index is -3.01. The number of benzene rings is 1. The first-order valence-corrected chi connectivity index (χ1v) is 9.33. The van der Waals surface area contributed by atoms with Gasteiger partial charge in [0.1, 0.15) is 5.75 Å². The summed E-state index contributed by atoms with van der Waals surface area (Å²) in [6.07, 6.45) is 7.43. The van der Waals surface area contributed by atoms with Gasteiger partial charge < -0.3 is 10.1 Å². The van der Waals surface area contributed by atoms with Gasteiger partial charge in [0.25, 0.3) is 0 Å². The van der Waals surface area contributed by atoms with Gasteiger partial charge in [0.2, 0.25) is 0 Å². The molecular weight excluding hydrogens is 300 g/mol. The molecule has 22 heavy (non-hydrogen) atoms. The summed E-state index contributed by atoms with van der Waals surface area (Å²) >= 11 is 0. The smallest absolute Gasteiger partial charge is 0.150 e. The number of phenolic OH excluding ortho intramolecular Hbond substituents is 1. The number of hydrogen-bond acceptors (Lipinski definition) is 4. The Balaban J connectivity index is 1.64. The molecule has 120 valence electrons. The molecule has 0 bridgehead atoms. The number of rotatable bonds is 9. The molecule has 2 aromatic rings. The maximum Gasteiger partial charge on any atom is 0.150 e. The predicted molar refractivity (Wildman–Crippen MR) is 86.6 cm³/mol. The lowest BCUT2D eigenvalue weighted by Gasteiger charge is -2.05. The number of aryl methyl sites for hydroxylation is 2.